The van der Waals surface area contributed by atoms with Crippen molar-refractivity contribution in [2.75, 3.05) is 47.1 Å². The first-order chi connectivity index (χ1) is 20.9. The van der Waals surface area contributed by atoms with E-state index in [1.165, 1.54) is 4.90 Å². The quantitative estimate of drug-likeness (QED) is 0.324. The molecule has 2 atom stereocenters. The van der Waals surface area contributed by atoms with Gasteiger partial charge in [-0.2, -0.15) is 0 Å². The standard InChI is InChI=1S/C32H46N4O8/c1-22(2)36(29(37)23-12-13-26(41-7)27(17-23)42-16-10-15-40-6)20-24-19-35(31(39)44-32(3,4)5)21-28(24)43-30(38)34-18-25-11-8-9-14-33-25/h8-9,11-14,17,22,24,28H,10,15-16,18-21H2,1-7H3,(H,34,38). The van der Waals surface area contributed by atoms with E-state index in [4.69, 9.17) is 23.7 Å². The Morgan fingerprint density at radius 1 is 1.07 bits per heavy atom. The molecule has 0 radical (unpaired) electrons. The number of ether oxygens (including phenoxy) is 5. The fourth-order valence-electron chi connectivity index (χ4n) is 4.73. The molecule has 2 unspecified atom stereocenters. The zero-order valence-electron chi connectivity index (χ0n) is 26.8. The summed E-state index contributed by atoms with van der Waals surface area (Å²) in [6.07, 6.45) is 0.517. The van der Waals surface area contributed by atoms with E-state index in [-0.39, 0.29) is 44.0 Å². The van der Waals surface area contributed by atoms with Gasteiger partial charge in [-0.05, 0) is 65.0 Å². The highest BCUT2D eigenvalue weighted by Crippen LogP contribution is 2.30. The van der Waals surface area contributed by atoms with Crippen molar-refractivity contribution in [2.24, 2.45) is 5.92 Å². The van der Waals surface area contributed by atoms with Crippen molar-refractivity contribution >= 4 is 18.1 Å². The molecular formula is C32H46N4O8. The Morgan fingerprint density at radius 2 is 1.84 bits per heavy atom. The summed E-state index contributed by atoms with van der Waals surface area (Å²) < 4.78 is 27.8. The van der Waals surface area contributed by atoms with Gasteiger partial charge >= 0.3 is 12.2 Å². The van der Waals surface area contributed by atoms with Crippen LogP contribution in [0.5, 0.6) is 11.5 Å². The Labute approximate surface area is 259 Å². The van der Waals surface area contributed by atoms with Gasteiger partial charge in [0.1, 0.15) is 11.7 Å². The van der Waals surface area contributed by atoms with Crippen LogP contribution in [0.4, 0.5) is 9.59 Å². The topological polar surface area (TPSA) is 129 Å². The summed E-state index contributed by atoms with van der Waals surface area (Å²) in [5, 5.41) is 2.72. The Hall–Kier alpha value is -4.06. The third-order valence-corrected chi connectivity index (χ3v) is 6.91. The fraction of sp³-hybridized carbons (Fsp3) is 0.562. The predicted molar refractivity (Wildman–Crippen MR) is 164 cm³/mol. The second kappa shape index (κ2) is 16.1. The lowest BCUT2D eigenvalue weighted by atomic mass is 10.0. The maximum absolute atomic E-state index is 13.9. The molecule has 1 aliphatic heterocycles. The van der Waals surface area contributed by atoms with Crippen LogP contribution in [0.2, 0.25) is 0 Å². The molecule has 3 amide bonds. The molecule has 2 aromatic rings. The molecule has 1 N–H and O–H groups in total. The lowest BCUT2D eigenvalue weighted by Crippen LogP contribution is -2.44. The highest BCUT2D eigenvalue weighted by molar-refractivity contribution is 5.95. The monoisotopic (exact) mass is 614 g/mol. The number of carbonyl (C=O) groups is 3. The van der Waals surface area contributed by atoms with Crippen LogP contribution in [0, 0.1) is 5.92 Å². The second-order valence-corrected chi connectivity index (χ2v) is 11.9. The van der Waals surface area contributed by atoms with Gasteiger partial charge in [0, 0.05) is 56.9 Å². The fourth-order valence-corrected chi connectivity index (χ4v) is 4.73. The number of methoxy groups -OCH3 is 2. The van der Waals surface area contributed by atoms with Gasteiger partial charge < -0.3 is 38.8 Å². The van der Waals surface area contributed by atoms with Crippen molar-refractivity contribution in [3.05, 3.63) is 53.9 Å². The Morgan fingerprint density at radius 3 is 2.48 bits per heavy atom. The first-order valence-corrected chi connectivity index (χ1v) is 14.8. The van der Waals surface area contributed by atoms with E-state index in [2.05, 4.69) is 10.3 Å². The maximum atomic E-state index is 13.9. The van der Waals surface area contributed by atoms with Crippen molar-refractivity contribution in [2.45, 2.75) is 65.3 Å². The minimum atomic E-state index is -0.691. The number of hydrogen-bond acceptors (Lipinski definition) is 9. The van der Waals surface area contributed by atoms with Crippen molar-refractivity contribution in [1.29, 1.82) is 0 Å². The van der Waals surface area contributed by atoms with Crippen LogP contribution >= 0.6 is 0 Å². The number of aromatic nitrogens is 1. The summed E-state index contributed by atoms with van der Waals surface area (Å²) in [7, 11) is 3.17. The number of amides is 3. The lowest BCUT2D eigenvalue weighted by Gasteiger charge is -2.31. The third kappa shape index (κ3) is 10.3. The molecule has 1 aromatic heterocycles. The summed E-state index contributed by atoms with van der Waals surface area (Å²) in [5.74, 6) is 0.390. The largest absolute Gasteiger partial charge is 0.493 e. The number of nitrogens with zero attached hydrogens (tertiary/aromatic N) is 3. The van der Waals surface area contributed by atoms with Gasteiger partial charge in [0.15, 0.2) is 11.5 Å². The molecule has 0 saturated carbocycles. The Bertz CT molecular complexity index is 1230. The van der Waals surface area contributed by atoms with Crippen molar-refractivity contribution in [1.82, 2.24) is 20.1 Å². The normalized spacial score (nSPS) is 16.4. The zero-order valence-corrected chi connectivity index (χ0v) is 26.8. The highest BCUT2D eigenvalue weighted by Gasteiger charge is 2.41. The Balaban J connectivity index is 1.78. The molecule has 1 aromatic carbocycles. The average molecular weight is 615 g/mol. The zero-order chi connectivity index (χ0) is 32.3. The summed E-state index contributed by atoms with van der Waals surface area (Å²) in [6.45, 7) is 11.0. The van der Waals surface area contributed by atoms with Crippen LogP contribution < -0.4 is 14.8 Å². The molecular weight excluding hydrogens is 568 g/mol. The minimum Gasteiger partial charge on any atom is -0.493 e. The number of likely N-dealkylation sites (tertiary alicyclic amines) is 1. The first kappa shape index (κ1) is 34.4. The van der Waals surface area contributed by atoms with Crippen molar-refractivity contribution < 1.29 is 38.1 Å². The molecule has 1 aliphatic rings. The lowest BCUT2D eigenvalue weighted by molar-refractivity contribution is 0.0258. The second-order valence-electron chi connectivity index (χ2n) is 11.9. The number of benzene rings is 1. The summed E-state index contributed by atoms with van der Waals surface area (Å²) in [4.78, 5) is 47.1. The molecule has 0 bridgehead atoms. The van der Waals surface area contributed by atoms with Gasteiger partial charge in [-0.15, -0.1) is 0 Å². The van der Waals surface area contributed by atoms with Gasteiger partial charge in [0.25, 0.3) is 5.91 Å². The van der Waals surface area contributed by atoms with E-state index < -0.39 is 23.9 Å². The van der Waals surface area contributed by atoms with Crippen LogP contribution in [0.3, 0.4) is 0 Å². The van der Waals surface area contributed by atoms with Crippen LogP contribution in [0.15, 0.2) is 42.6 Å². The van der Waals surface area contributed by atoms with Crippen LogP contribution in [-0.2, 0) is 20.8 Å². The van der Waals surface area contributed by atoms with E-state index >= 15 is 0 Å². The van der Waals surface area contributed by atoms with E-state index in [0.717, 1.165) is 0 Å². The number of rotatable bonds is 13. The van der Waals surface area contributed by atoms with Gasteiger partial charge in [-0.3, -0.25) is 9.78 Å². The smallest absolute Gasteiger partial charge is 0.410 e. The van der Waals surface area contributed by atoms with Crippen LogP contribution in [0.25, 0.3) is 0 Å². The Kier molecular flexibility index (Phi) is 12.6. The van der Waals surface area contributed by atoms with Gasteiger partial charge in [-0.1, -0.05) is 6.07 Å². The summed E-state index contributed by atoms with van der Waals surface area (Å²) in [5.41, 5.74) is 0.415. The summed E-state index contributed by atoms with van der Waals surface area (Å²) in [6, 6.07) is 10.3. The summed E-state index contributed by atoms with van der Waals surface area (Å²) >= 11 is 0. The molecule has 0 spiro atoms. The molecule has 1 saturated heterocycles. The maximum Gasteiger partial charge on any atom is 0.410 e. The number of pyridine rings is 1. The molecule has 44 heavy (non-hydrogen) atoms. The highest BCUT2D eigenvalue weighted by atomic mass is 16.6. The number of hydrogen-bond donors (Lipinski definition) is 1. The molecule has 3 rings (SSSR count). The molecule has 2 heterocycles. The van der Waals surface area contributed by atoms with Gasteiger partial charge in [0.2, 0.25) is 0 Å². The van der Waals surface area contributed by atoms with E-state index in [1.807, 2.05) is 19.9 Å². The molecule has 242 valence electrons. The molecule has 0 aliphatic carbocycles. The van der Waals surface area contributed by atoms with Crippen molar-refractivity contribution in [3.8, 4) is 11.5 Å². The average Bonchev–Trinajstić information content (AvgIpc) is 3.38. The predicted octanol–water partition coefficient (Wildman–Crippen LogP) is 4.52. The first-order valence-electron chi connectivity index (χ1n) is 14.8. The number of alkyl carbamates (subject to hydrolysis) is 1. The third-order valence-electron chi connectivity index (χ3n) is 6.91. The minimum absolute atomic E-state index is 0.138. The van der Waals surface area contributed by atoms with Crippen LogP contribution in [-0.4, -0.2) is 97.7 Å². The van der Waals surface area contributed by atoms with E-state index in [9.17, 15) is 14.4 Å². The van der Waals surface area contributed by atoms with Crippen molar-refractivity contribution in [3.63, 3.8) is 0 Å². The molecule has 1 fully saturated rings. The molecule has 12 heteroatoms. The van der Waals surface area contributed by atoms with E-state index in [0.29, 0.717) is 42.4 Å². The van der Waals surface area contributed by atoms with Gasteiger partial charge in [-0.25, -0.2) is 9.59 Å². The van der Waals surface area contributed by atoms with Crippen LogP contribution in [0.1, 0.15) is 57.1 Å². The van der Waals surface area contributed by atoms with Gasteiger partial charge in [0.05, 0.1) is 32.5 Å². The number of nitrogens with one attached hydrogen (secondary N) is 1. The van der Waals surface area contributed by atoms with E-state index in [1.54, 1.807) is 76.4 Å². The SMILES string of the molecule is COCCCOc1cc(C(=O)N(CC2CN(C(=O)OC(C)(C)C)CC2OC(=O)NCc2ccccn2)C(C)C)ccc1OC. The molecule has 12 nitrogen and oxygen atoms in total. The number of carbonyl (C=O) groups excluding carboxylic acids is 3.